The fourth-order valence-electron chi connectivity index (χ4n) is 1.36. The molecular weight excluding hydrogens is 302 g/mol. The summed E-state index contributed by atoms with van der Waals surface area (Å²) in [6.07, 6.45) is 0.995. The molecule has 3 nitrogen and oxygen atoms in total. The van der Waals surface area contributed by atoms with Gasteiger partial charge in [-0.3, -0.25) is 0 Å². The molecule has 0 atom stereocenters. The van der Waals surface area contributed by atoms with Gasteiger partial charge in [0.15, 0.2) is 0 Å². The van der Waals surface area contributed by atoms with E-state index in [4.69, 9.17) is 9.47 Å². The molecule has 0 fully saturated rings. The van der Waals surface area contributed by atoms with E-state index < -0.39 is 0 Å². The predicted molar refractivity (Wildman–Crippen MR) is 76.0 cm³/mol. The SMILES string of the molecule is COCCNCCOCCc1cc(Br)c(C)s1. The van der Waals surface area contributed by atoms with E-state index >= 15 is 0 Å². The number of methoxy groups -OCH3 is 1. The van der Waals surface area contributed by atoms with Crippen molar-refractivity contribution in [1.82, 2.24) is 5.32 Å². The topological polar surface area (TPSA) is 30.5 Å². The Morgan fingerprint density at radius 1 is 1.29 bits per heavy atom. The van der Waals surface area contributed by atoms with Gasteiger partial charge in [-0.15, -0.1) is 11.3 Å². The minimum absolute atomic E-state index is 0.752. The Balaban J connectivity index is 1.97. The van der Waals surface area contributed by atoms with Crippen LogP contribution in [0.2, 0.25) is 0 Å². The van der Waals surface area contributed by atoms with Gasteiger partial charge >= 0.3 is 0 Å². The van der Waals surface area contributed by atoms with E-state index in [9.17, 15) is 0 Å². The lowest BCUT2D eigenvalue weighted by Gasteiger charge is -2.05. The fourth-order valence-corrected chi connectivity index (χ4v) is 2.94. The molecule has 98 valence electrons. The van der Waals surface area contributed by atoms with Crippen LogP contribution in [0.1, 0.15) is 9.75 Å². The van der Waals surface area contributed by atoms with Crippen molar-refractivity contribution in [2.75, 3.05) is 40.0 Å². The van der Waals surface area contributed by atoms with Crippen LogP contribution in [-0.4, -0.2) is 40.0 Å². The summed E-state index contributed by atoms with van der Waals surface area (Å²) in [6, 6.07) is 2.18. The van der Waals surface area contributed by atoms with Crippen LogP contribution in [0, 0.1) is 6.92 Å². The monoisotopic (exact) mass is 321 g/mol. The number of halogens is 1. The lowest BCUT2D eigenvalue weighted by molar-refractivity contribution is 0.135. The summed E-state index contributed by atoms with van der Waals surface area (Å²) in [4.78, 5) is 2.71. The quantitative estimate of drug-likeness (QED) is 0.709. The average molecular weight is 322 g/mol. The van der Waals surface area contributed by atoms with Gasteiger partial charge in [0, 0.05) is 40.8 Å². The van der Waals surface area contributed by atoms with Crippen molar-refractivity contribution >= 4 is 27.3 Å². The molecule has 0 spiro atoms. The summed E-state index contributed by atoms with van der Waals surface area (Å²) in [6.45, 7) is 6.20. The van der Waals surface area contributed by atoms with Crippen LogP contribution < -0.4 is 5.32 Å². The molecule has 0 saturated heterocycles. The summed E-state index contributed by atoms with van der Waals surface area (Å²) >= 11 is 5.35. The number of aryl methyl sites for hydroxylation is 1. The smallest absolute Gasteiger partial charge is 0.0591 e. The summed E-state index contributed by atoms with van der Waals surface area (Å²) in [7, 11) is 1.71. The number of nitrogens with one attached hydrogen (secondary N) is 1. The Hall–Kier alpha value is 0.0600. The second-order valence-electron chi connectivity index (χ2n) is 3.72. The summed E-state index contributed by atoms with van der Waals surface area (Å²) in [5.74, 6) is 0. The first kappa shape index (κ1) is 15.1. The molecule has 1 N–H and O–H groups in total. The first-order valence-electron chi connectivity index (χ1n) is 5.76. The molecular formula is C12H20BrNO2S. The highest BCUT2D eigenvalue weighted by Gasteiger charge is 2.02. The Bertz CT molecular complexity index is 298. The molecule has 0 saturated carbocycles. The lowest BCUT2D eigenvalue weighted by atomic mass is 10.3. The normalized spacial score (nSPS) is 11.0. The van der Waals surface area contributed by atoms with Gasteiger partial charge in [0.05, 0.1) is 19.8 Å². The van der Waals surface area contributed by atoms with Crippen molar-refractivity contribution in [3.8, 4) is 0 Å². The van der Waals surface area contributed by atoms with E-state index in [0.29, 0.717) is 0 Å². The van der Waals surface area contributed by atoms with Crippen LogP contribution >= 0.6 is 27.3 Å². The van der Waals surface area contributed by atoms with Crippen molar-refractivity contribution in [3.05, 3.63) is 20.3 Å². The van der Waals surface area contributed by atoms with Gasteiger partial charge in [-0.25, -0.2) is 0 Å². The van der Waals surface area contributed by atoms with Gasteiger partial charge in [0.25, 0.3) is 0 Å². The van der Waals surface area contributed by atoms with Gasteiger partial charge in [-0.05, 0) is 28.9 Å². The Morgan fingerprint density at radius 2 is 2.06 bits per heavy atom. The number of hydrogen-bond acceptors (Lipinski definition) is 4. The van der Waals surface area contributed by atoms with E-state index in [-0.39, 0.29) is 0 Å². The molecule has 0 aromatic carbocycles. The van der Waals surface area contributed by atoms with Crippen LogP contribution in [0.5, 0.6) is 0 Å². The van der Waals surface area contributed by atoms with Crippen molar-refractivity contribution in [2.24, 2.45) is 0 Å². The van der Waals surface area contributed by atoms with Gasteiger partial charge in [0.2, 0.25) is 0 Å². The molecule has 17 heavy (non-hydrogen) atoms. The third-order valence-corrected chi connectivity index (χ3v) is 4.50. The Labute approximate surface area is 116 Å². The van der Waals surface area contributed by atoms with Crippen LogP contribution in [0.4, 0.5) is 0 Å². The number of ether oxygens (including phenoxy) is 2. The number of rotatable bonds is 9. The van der Waals surface area contributed by atoms with Crippen molar-refractivity contribution in [3.63, 3.8) is 0 Å². The molecule has 5 heteroatoms. The van der Waals surface area contributed by atoms with Gasteiger partial charge in [-0.2, -0.15) is 0 Å². The Morgan fingerprint density at radius 3 is 2.71 bits per heavy atom. The molecule has 0 aliphatic heterocycles. The molecule has 1 aromatic rings. The minimum Gasteiger partial charge on any atom is -0.383 e. The highest BCUT2D eigenvalue weighted by Crippen LogP contribution is 2.26. The van der Waals surface area contributed by atoms with Crippen molar-refractivity contribution in [2.45, 2.75) is 13.3 Å². The first-order chi connectivity index (χ1) is 8.24. The molecule has 0 radical (unpaired) electrons. The molecule has 0 amide bonds. The van der Waals surface area contributed by atoms with Gasteiger partial charge < -0.3 is 14.8 Å². The van der Waals surface area contributed by atoms with Crippen molar-refractivity contribution < 1.29 is 9.47 Å². The zero-order valence-electron chi connectivity index (χ0n) is 10.4. The second-order valence-corrected chi connectivity index (χ2v) is 5.92. The third-order valence-electron chi connectivity index (χ3n) is 2.31. The standard InChI is InChI=1S/C12H20BrNO2S/c1-10-12(13)9-11(17-10)3-6-16-8-5-14-4-7-15-2/h9,14H,3-8H2,1-2H3. The highest BCUT2D eigenvalue weighted by molar-refractivity contribution is 9.10. The summed E-state index contributed by atoms with van der Waals surface area (Å²) < 4.78 is 11.7. The number of hydrogen-bond donors (Lipinski definition) is 1. The van der Waals surface area contributed by atoms with Crippen LogP contribution in [0.25, 0.3) is 0 Å². The van der Waals surface area contributed by atoms with E-state index in [1.165, 1.54) is 14.2 Å². The van der Waals surface area contributed by atoms with E-state index in [0.717, 1.165) is 39.3 Å². The third kappa shape index (κ3) is 6.52. The molecule has 1 heterocycles. The predicted octanol–water partition coefficient (Wildman–Crippen LogP) is 2.61. The molecule has 0 aliphatic rings. The molecule has 1 aromatic heterocycles. The molecule has 1 rings (SSSR count). The highest BCUT2D eigenvalue weighted by atomic mass is 79.9. The van der Waals surface area contributed by atoms with E-state index in [1.807, 2.05) is 11.3 Å². The maximum Gasteiger partial charge on any atom is 0.0591 e. The maximum atomic E-state index is 5.55. The maximum absolute atomic E-state index is 5.55. The van der Waals surface area contributed by atoms with Crippen LogP contribution in [0.3, 0.4) is 0 Å². The van der Waals surface area contributed by atoms with Crippen LogP contribution in [-0.2, 0) is 15.9 Å². The zero-order valence-corrected chi connectivity index (χ0v) is 12.8. The first-order valence-corrected chi connectivity index (χ1v) is 7.37. The summed E-state index contributed by atoms with van der Waals surface area (Å²) in [5, 5.41) is 3.24. The zero-order chi connectivity index (χ0) is 12.5. The second kappa shape index (κ2) is 9.05. The van der Waals surface area contributed by atoms with E-state index in [2.05, 4.69) is 34.2 Å². The minimum atomic E-state index is 0.752. The average Bonchev–Trinajstić information content (AvgIpc) is 2.62. The Kier molecular flexibility index (Phi) is 8.05. The molecule has 0 aliphatic carbocycles. The van der Waals surface area contributed by atoms with Gasteiger partial charge in [0.1, 0.15) is 0 Å². The summed E-state index contributed by atoms with van der Waals surface area (Å²) in [5.41, 5.74) is 0. The lowest BCUT2D eigenvalue weighted by Crippen LogP contribution is -2.23. The van der Waals surface area contributed by atoms with Crippen molar-refractivity contribution in [1.29, 1.82) is 0 Å². The van der Waals surface area contributed by atoms with E-state index in [1.54, 1.807) is 7.11 Å². The largest absolute Gasteiger partial charge is 0.383 e. The molecule has 0 bridgehead atoms. The fraction of sp³-hybridized carbons (Fsp3) is 0.667. The van der Waals surface area contributed by atoms with Crippen LogP contribution in [0.15, 0.2) is 10.5 Å². The molecule has 0 unspecified atom stereocenters. The van der Waals surface area contributed by atoms with Gasteiger partial charge in [-0.1, -0.05) is 0 Å². The number of thiophene rings is 1.